The number of hydrogen-bond acceptors (Lipinski definition) is 4. The summed E-state index contributed by atoms with van der Waals surface area (Å²) in [7, 11) is -3.45. The maximum Gasteiger partial charge on any atom is 0.250 e. The van der Waals surface area contributed by atoms with E-state index in [-0.39, 0.29) is 12.6 Å². The van der Waals surface area contributed by atoms with Gasteiger partial charge in [-0.05, 0) is 41.4 Å². The number of nitrogens with one attached hydrogen (secondary N) is 1. The van der Waals surface area contributed by atoms with Gasteiger partial charge in [0.25, 0.3) is 0 Å². The van der Waals surface area contributed by atoms with E-state index >= 15 is 0 Å². The van der Waals surface area contributed by atoms with Crippen LogP contribution in [0.3, 0.4) is 0 Å². The number of rotatable bonds is 7. The first-order valence-electron chi connectivity index (χ1n) is 5.35. The second-order valence-electron chi connectivity index (χ2n) is 3.81. The topological polar surface area (TPSA) is 55.4 Å². The Kier molecular flexibility index (Phi) is 6.00. The summed E-state index contributed by atoms with van der Waals surface area (Å²) in [6, 6.07) is 1.65. The molecular formula is C11H16BrNO3S2. The molecule has 1 atom stereocenters. The van der Waals surface area contributed by atoms with E-state index in [2.05, 4.69) is 27.2 Å². The lowest BCUT2D eigenvalue weighted by molar-refractivity contribution is 0.0921. The molecule has 0 radical (unpaired) electrons. The van der Waals surface area contributed by atoms with E-state index in [1.165, 1.54) is 11.3 Å². The van der Waals surface area contributed by atoms with Crippen LogP contribution in [0.4, 0.5) is 0 Å². The predicted octanol–water partition coefficient (Wildman–Crippen LogP) is 2.69. The highest BCUT2D eigenvalue weighted by Crippen LogP contribution is 2.30. The molecule has 1 unspecified atom stereocenters. The first-order valence-corrected chi connectivity index (χ1v) is 8.44. The lowest BCUT2D eigenvalue weighted by Gasteiger charge is -2.12. The number of thiophene rings is 1. The molecule has 0 aliphatic heterocycles. The average Bonchev–Trinajstić information content (AvgIpc) is 2.65. The summed E-state index contributed by atoms with van der Waals surface area (Å²) in [4.78, 5) is 0. The third-order valence-corrected chi connectivity index (χ3v) is 6.19. The minimum absolute atomic E-state index is 0.192. The SMILES string of the molecule is C=CCOC(C)CNS(=O)(=O)c1cc(C)c(Br)s1. The van der Waals surface area contributed by atoms with E-state index in [4.69, 9.17) is 4.74 Å². The van der Waals surface area contributed by atoms with Crippen molar-refractivity contribution in [1.29, 1.82) is 0 Å². The second-order valence-corrected chi connectivity index (χ2v) is 8.17. The van der Waals surface area contributed by atoms with Gasteiger partial charge in [-0.25, -0.2) is 13.1 Å². The van der Waals surface area contributed by atoms with Gasteiger partial charge >= 0.3 is 0 Å². The van der Waals surface area contributed by atoms with Gasteiger partial charge in [-0.2, -0.15) is 0 Å². The van der Waals surface area contributed by atoms with Crippen LogP contribution < -0.4 is 4.72 Å². The van der Waals surface area contributed by atoms with Crippen molar-refractivity contribution in [3.05, 3.63) is 28.1 Å². The van der Waals surface area contributed by atoms with Crippen molar-refractivity contribution in [2.45, 2.75) is 24.2 Å². The summed E-state index contributed by atoms with van der Waals surface area (Å²) in [5, 5.41) is 0. The molecule has 1 aromatic rings. The van der Waals surface area contributed by atoms with Crippen molar-refractivity contribution >= 4 is 37.3 Å². The van der Waals surface area contributed by atoms with Crippen LogP contribution in [0.1, 0.15) is 12.5 Å². The molecule has 0 fully saturated rings. The first kappa shape index (κ1) is 15.8. The van der Waals surface area contributed by atoms with Crippen LogP contribution in [0.15, 0.2) is 26.7 Å². The zero-order chi connectivity index (χ0) is 13.8. The maximum atomic E-state index is 12.0. The van der Waals surface area contributed by atoms with Gasteiger partial charge in [0.15, 0.2) is 0 Å². The Bertz CT molecular complexity index is 491. The fourth-order valence-corrected chi connectivity index (χ4v) is 4.54. The van der Waals surface area contributed by atoms with Crippen LogP contribution in [0.2, 0.25) is 0 Å². The fourth-order valence-electron chi connectivity index (χ4n) is 1.15. The minimum Gasteiger partial charge on any atom is -0.373 e. The van der Waals surface area contributed by atoms with Crippen molar-refractivity contribution in [2.75, 3.05) is 13.2 Å². The number of halogens is 1. The summed E-state index contributed by atoms with van der Waals surface area (Å²) >= 11 is 4.51. The van der Waals surface area contributed by atoms with Crippen molar-refractivity contribution in [1.82, 2.24) is 4.72 Å². The molecule has 1 aromatic heterocycles. The molecule has 0 aliphatic rings. The Hall–Kier alpha value is -0.210. The van der Waals surface area contributed by atoms with Gasteiger partial charge in [0.2, 0.25) is 10.0 Å². The summed E-state index contributed by atoms with van der Waals surface area (Å²) in [5.74, 6) is 0. The van der Waals surface area contributed by atoms with Gasteiger partial charge in [-0.3, -0.25) is 0 Å². The monoisotopic (exact) mass is 353 g/mol. The zero-order valence-electron chi connectivity index (χ0n) is 10.3. The van der Waals surface area contributed by atoms with E-state index in [9.17, 15) is 8.42 Å². The summed E-state index contributed by atoms with van der Waals surface area (Å²) in [6.45, 7) is 7.85. The lowest BCUT2D eigenvalue weighted by Crippen LogP contribution is -2.31. The second kappa shape index (κ2) is 6.81. The molecule has 0 saturated heterocycles. The van der Waals surface area contributed by atoms with Crippen LogP contribution in [-0.4, -0.2) is 27.7 Å². The molecule has 1 rings (SSSR count). The molecule has 0 spiro atoms. The maximum absolute atomic E-state index is 12.0. The van der Waals surface area contributed by atoms with Crippen LogP contribution >= 0.6 is 27.3 Å². The Balaban J connectivity index is 2.62. The summed E-state index contributed by atoms with van der Waals surface area (Å²) < 4.78 is 32.9. The molecule has 0 aliphatic carbocycles. The number of aryl methyl sites for hydroxylation is 1. The molecule has 0 saturated carbocycles. The van der Waals surface area contributed by atoms with Crippen LogP contribution in [0, 0.1) is 6.92 Å². The number of sulfonamides is 1. The molecule has 1 N–H and O–H groups in total. The van der Waals surface area contributed by atoms with E-state index in [1.807, 2.05) is 13.8 Å². The molecule has 18 heavy (non-hydrogen) atoms. The van der Waals surface area contributed by atoms with Crippen LogP contribution in [0.25, 0.3) is 0 Å². The van der Waals surface area contributed by atoms with Gasteiger partial charge in [-0.15, -0.1) is 17.9 Å². The molecule has 0 aromatic carbocycles. The third-order valence-electron chi connectivity index (χ3n) is 2.16. The van der Waals surface area contributed by atoms with Crippen LogP contribution in [0.5, 0.6) is 0 Å². The van der Waals surface area contributed by atoms with E-state index in [1.54, 1.807) is 12.1 Å². The highest BCUT2D eigenvalue weighted by molar-refractivity contribution is 9.11. The highest BCUT2D eigenvalue weighted by Gasteiger charge is 2.18. The average molecular weight is 354 g/mol. The van der Waals surface area contributed by atoms with Crippen molar-refractivity contribution in [3.63, 3.8) is 0 Å². The fraction of sp³-hybridized carbons (Fsp3) is 0.455. The minimum atomic E-state index is -3.45. The van der Waals surface area contributed by atoms with Gasteiger partial charge in [0.1, 0.15) is 4.21 Å². The molecule has 102 valence electrons. The quantitative estimate of drug-likeness (QED) is 0.766. The Labute approximate surface area is 120 Å². The largest absolute Gasteiger partial charge is 0.373 e. The molecular weight excluding hydrogens is 338 g/mol. The van der Waals surface area contributed by atoms with E-state index in [0.717, 1.165) is 9.35 Å². The van der Waals surface area contributed by atoms with Crippen LogP contribution in [-0.2, 0) is 14.8 Å². The van der Waals surface area contributed by atoms with Crippen molar-refractivity contribution in [3.8, 4) is 0 Å². The Morgan fingerprint density at radius 1 is 1.67 bits per heavy atom. The van der Waals surface area contributed by atoms with E-state index in [0.29, 0.717) is 10.8 Å². The summed E-state index contributed by atoms with van der Waals surface area (Å²) in [5.41, 5.74) is 0.913. The van der Waals surface area contributed by atoms with Crippen molar-refractivity contribution in [2.24, 2.45) is 0 Å². The Morgan fingerprint density at radius 2 is 2.33 bits per heavy atom. The van der Waals surface area contributed by atoms with Gasteiger partial charge in [0, 0.05) is 6.54 Å². The zero-order valence-corrected chi connectivity index (χ0v) is 13.5. The van der Waals surface area contributed by atoms with E-state index < -0.39 is 10.0 Å². The molecule has 1 heterocycles. The summed E-state index contributed by atoms with van der Waals surface area (Å²) in [6.07, 6.45) is 1.44. The Morgan fingerprint density at radius 3 is 2.83 bits per heavy atom. The predicted molar refractivity (Wildman–Crippen MR) is 77.6 cm³/mol. The number of ether oxygens (including phenoxy) is 1. The highest BCUT2D eigenvalue weighted by atomic mass is 79.9. The standard InChI is InChI=1S/C11H16BrNO3S2/c1-4-5-16-9(3)7-13-18(14,15)10-6-8(2)11(12)17-10/h4,6,9,13H,1,5,7H2,2-3H3. The normalized spacial score (nSPS) is 13.5. The molecule has 4 nitrogen and oxygen atoms in total. The molecule has 7 heteroatoms. The van der Waals surface area contributed by atoms with Gasteiger partial charge in [0.05, 0.1) is 16.5 Å². The van der Waals surface area contributed by atoms with Gasteiger partial charge < -0.3 is 4.74 Å². The molecule has 0 bridgehead atoms. The number of hydrogen-bond donors (Lipinski definition) is 1. The van der Waals surface area contributed by atoms with Gasteiger partial charge in [-0.1, -0.05) is 6.08 Å². The van der Waals surface area contributed by atoms with Crippen molar-refractivity contribution < 1.29 is 13.2 Å². The lowest BCUT2D eigenvalue weighted by atomic mass is 10.4. The first-order chi connectivity index (χ1) is 8.36. The smallest absolute Gasteiger partial charge is 0.250 e. The molecule has 0 amide bonds. The third kappa shape index (κ3) is 4.47.